The van der Waals surface area contributed by atoms with Crippen LogP contribution >= 0.6 is 0 Å². The first-order chi connectivity index (χ1) is 7.16. The molecule has 1 aliphatic heterocycles. The number of carbonyl (C=O) groups excluding carboxylic acids is 2. The van der Waals surface area contributed by atoms with E-state index in [9.17, 15) is 31.5 Å². The van der Waals surface area contributed by atoms with Crippen molar-refractivity contribution in [3.05, 3.63) is 0 Å². The Bertz CT molecular complexity index is 314. The van der Waals surface area contributed by atoms with E-state index >= 15 is 0 Å². The summed E-state index contributed by atoms with van der Waals surface area (Å²) in [5.41, 5.74) is 0. The number of halogens is 5. The first-order valence-electron chi connectivity index (χ1n) is 4.08. The van der Waals surface area contributed by atoms with Gasteiger partial charge >= 0.3 is 24.0 Å². The van der Waals surface area contributed by atoms with E-state index in [0.29, 0.717) is 0 Å². The topological polar surface area (TPSA) is 55.4 Å². The molecule has 9 heteroatoms. The van der Waals surface area contributed by atoms with Crippen LogP contribution in [0.15, 0.2) is 0 Å². The molecule has 4 nitrogen and oxygen atoms in total. The molecular weight excluding hydrogens is 241 g/mol. The monoisotopic (exact) mass is 247 g/mol. The van der Waals surface area contributed by atoms with Gasteiger partial charge in [-0.1, -0.05) is 0 Å². The highest BCUT2D eigenvalue weighted by molar-refractivity contribution is 5.89. The van der Waals surface area contributed by atoms with Crippen LogP contribution in [-0.2, 0) is 14.3 Å². The number of carbonyl (C=O) groups is 2. The second-order valence-electron chi connectivity index (χ2n) is 3.05. The second kappa shape index (κ2) is 3.87. The van der Waals surface area contributed by atoms with E-state index in [-0.39, 0.29) is 13.0 Å². The number of amides is 1. The molecule has 1 saturated heterocycles. The summed E-state index contributed by atoms with van der Waals surface area (Å²) in [6.07, 6.45) is -6.11. The van der Waals surface area contributed by atoms with Gasteiger partial charge in [0.05, 0.1) is 6.61 Å². The number of hydrogen-bond acceptors (Lipinski definition) is 3. The zero-order valence-corrected chi connectivity index (χ0v) is 7.61. The van der Waals surface area contributed by atoms with E-state index in [0.717, 1.165) is 0 Å². The van der Waals surface area contributed by atoms with Gasteiger partial charge in [0.1, 0.15) is 6.04 Å². The molecule has 16 heavy (non-hydrogen) atoms. The number of hydrogen-bond donors (Lipinski definition) is 1. The van der Waals surface area contributed by atoms with Crippen molar-refractivity contribution < 1.29 is 36.3 Å². The summed E-state index contributed by atoms with van der Waals surface area (Å²) in [5.74, 6) is -9.09. The Hall–Kier alpha value is -1.41. The summed E-state index contributed by atoms with van der Waals surface area (Å²) in [6, 6.07) is -1.44. The van der Waals surface area contributed by atoms with Gasteiger partial charge in [-0.3, -0.25) is 4.79 Å². The lowest BCUT2D eigenvalue weighted by molar-refractivity contribution is -0.270. The Morgan fingerprint density at radius 1 is 1.31 bits per heavy atom. The summed E-state index contributed by atoms with van der Waals surface area (Å²) >= 11 is 0. The predicted octanol–water partition coefficient (Wildman–Crippen LogP) is 0.616. The number of nitrogens with one attached hydrogen (secondary N) is 1. The van der Waals surface area contributed by atoms with Gasteiger partial charge in [0.25, 0.3) is 0 Å². The third-order valence-corrected chi connectivity index (χ3v) is 1.88. The van der Waals surface area contributed by atoms with Crippen molar-refractivity contribution >= 4 is 11.9 Å². The standard InChI is InChI=1S/C7H6F5NO3/c8-6(9,7(10,11)12)5(15)13-3-1-2-16-4(3)14/h3H,1-2H2,(H,13,15). The average Bonchev–Trinajstić information content (AvgIpc) is 2.49. The fraction of sp³-hybridized carbons (Fsp3) is 0.714. The quantitative estimate of drug-likeness (QED) is 0.574. The van der Waals surface area contributed by atoms with Crippen molar-refractivity contribution in [2.45, 2.75) is 24.6 Å². The molecule has 1 heterocycles. The normalized spacial score (nSPS) is 21.8. The third-order valence-electron chi connectivity index (χ3n) is 1.88. The number of ether oxygens (including phenoxy) is 1. The number of esters is 1. The number of alkyl halides is 5. The van der Waals surface area contributed by atoms with Crippen LogP contribution in [-0.4, -0.2) is 36.6 Å². The molecule has 0 aromatic rings. The summed E-state index contributed by atoms with van der Waals surface area (Å²) < 4.78 is 64.3. The van der Waals surface area contributed by atoms with Crippen molar-refractivity contribution in [3.8, 4) is 0 Å². The van der Waals surface area contributed by atoms with Crippen LogP contribution < -0.4 is 5.32 Å². The summed E-state index contributed by atoms with van der Waals surface area (Å²) in [6.45, 7) is -0.124. The minimum atomic E-state index is -5.99. The van der Waals surface area contributed by atoms with Crippen molar-refractivity contribution in [1.29, 1.82) is 0 Å². The Balaban J connectivity index is 2.68. The Kier molecular flexibility index (Phi) is 3.06. The molecule has 1 fully saturated rings. The molecule has 1 atom stereocenters. The van der Waals surface area contributed by atoms with Crippen molar-refractivity contribution in [1.82, 2.24) is 5.32 Å². The molecule has 1 unspecified atom stereocenters. The Morgan fingerprint density at radius 3 is 2.25 bits per heavy atom. The van der Waals surface area contributed by atoms with Gasteiger partial charge in [-0.25, -0.2) is 4.79 Å². The van der Waals surface area contributed by atoms with Crippen LogP contribution in [0, 0.1) is 0 Å². The first kappa shape index (κ1) is 12.7. The molecule has 0 aromatic carbocycles. The third kappa shape index (κ3) is 2.22. The molecule has 0 spiro atoms. The molecule has 0 aliphatic carbocycles. The molecule has 1 amide bonds. The number of cyclic esters (lactones) is 1. The zero-order chi connectivity index (χ0) is 12.6. The summed E-state index contributed by atoms with van der Waals surface area (Å²) in [7, 11) is 0. The van der Waals surface area contributed by atoms with Gasteiger partial charge in [0.15, 0.2) is 0 Å². The lowest BCUT2D eigenvalue weighted by atomic mass is 10.2. The van der Waals surface area contributed by atoms with Crippen LogP contribution in [0.1, 0.15) is 6.42 Å². The van der Waals surface area contributed by atoms with E-state index in [1.165, 1.54) is 5.32 Å². The van der Waals surface area contributed by atoms with Gasteiger partial charge in [0.2, 0.25) is 0 Å². The van der Waals surface area contributed by atoms with E-state index in [1.54, 1.807) is 0 Å². The summed E-state index contributed by atoms with van der Waals surface area (Å²) in [4.78, 5) is 21.3. The highest BCUT2D eigenvalue weighted by atomic mass is 19.4. The van der Waals surface area contributed by atoms with Gasteiger partial charge in [-0.2, -0.15) is 22.0 Å². The van der Waals surface area contributed by atoms with E-state index < -0.39 is 30.0 Å². The Labute approximate surface area is 85.7 Å². The molecule has 1 rings (SSSR count). The Morgan fingerprint density at radius 2 is 1.88 bits per heavy atom. The SMILES string of the molecule is O=C1OCCC1NC(=O)C(F)(F)C(F)(F)F. The van der Waals surface area contributed by atoms with Gasteiger partial charge in [-0.05, 0) is 0 Å². The van der Waals surface area contributed by atoms with E-state index in [2.05, 4.69) is 4.74 Å². The largest absolute Gasteiger partial charge is 0.464 e. The highest BCUT2D eigenvalue weighted by Gasteiger charge is 2.63. The minimum absolute atomic E-state index is 0.124. The van der Waals surface area contributed by atoms with Gasteiger partial charge in [0, 0.05) is 6.42 Å². The maximum absolute atomic E-state index is 12.4. The number of rotatable bonds is 2. The van der Waals surface area contributed by atoms with Crippen molar-refractivity contribution in [3.63, 3.8) is 0 Å². The van der Waals surface area contributed by atoms with Crippen molar-refractivity contribution in [2.24, 2.45) is 0 Å². The van der Waals surface area contributed by atoms with Crippen LogP contribution in [0.4, 0.5) is 22.0 Å². The maximum Gasteiger partial charge on any atom is 0.463 e. The lowest BCUT2D eigenvalue weighted by Crippen LogP contribution is -2.53. The molecule has 0 aromatic heterocycles. The molecule has 0 saturated carbocycles. The average molecular weight is 247 g/mol. The fourth-order valence-electron chi connectivity index (χ4n) is 1.00. The molecule has 1 aliphatic rings. The van der Waals surface area contributed by atoms with Crippen LogP contribution in [0.5, 0.6) is 0 Å². The maximum atomic E-state index is 12.4. The van der Waals surface area contributed by atoms with Crippen LogP contribution in [0.25, 0.3) is 0 Å². The first-order valence-corrected chi connectivity index (χ1v) is 4.08. The second-order valence-corrected chi connectivity index (χ2v) is 3.05. The molecular formula is C7H6F5NO3. The van der Waals surface area contributed by atoms with E-state index in [1.807, 2.05) is 0 Å². The summed E-state index contributed by atoms with van der Waals surface area (Å²) in [5, 5.41) is 1.29. The van der Waals surface area contributed by atoms with Gasteiger partial charge in [-0.15, -0.1) is 0 Å². The lowest BCUT2D eigenvalue weighted by Gasteiger charge is -2.19. The zero-order valence-electron chi connectivity index (χ0n) is 7.61. The predicted molar refractivity (Wildman–Crippen MR) is 38.5 cm³/mol. The minimum Gasteiger partial charge on any atom is -0.464 e. The van der Waals surface area contributed by atoms with Crippen molar-refractivity contribution in [2.75, 3.05) is 6.61 Å². The molecule has 1 N–H and O–H groups in total. The molecule has 0 radical (unpaired) electrons. The van der Waals surface area contributed by atoms with E-state index in [4.69, 9.17) is 0 Å². The van der Waals surface area contributed by atoms with Crippen LogP contribution in [0.3, 0.4) is 0 Å². The van der Waals surface area contributed by atoms with Gasteiger partial charge < -0.3 is 10.1 Å². The van der Waals surface area contributed by atoms with Crippen LogP contribution in [0.2, 0.25) is 0 Å². The molecule has 92 valence electrons. The fourth-order valence-corrected chi connectivity index (χ4v) is 1.00. The highest BCUT2D eigenvalue weighted by Crippen LogP contribution is 2.35. The smallest absolute Gasteiger partial charge is 0.463 e. The molecule has 0 bridgehead atoms.